The summed E-state index contributed by atoms with van der Waals surface area (Å²) in [5.74, 6) is 0. The molecule has 0 saturated heterocycles. The first kappa shape index (κ1) is 12.2. The fraction of sp³-hybridized carbons (Fsp3) is 0.111. The third kappa shape index (κ3) is 2.22. The van der Waals surface area contributed by atoms with Gasteiger partial charge in [-0.1, -0.05) is 91.1 Å². The predicted octanol–water partition coefficient (Wildman–Crippen LogP) is 4.95. The maximum Gasteiger partial charge on any atom is 0.113 e. The molecule has 1 heteroatoms. The number of benzene rings is 2. The number of hydrogen-bond acceptors (Lipinski definition) is 0. The first-order valence-corrected chi connectivity index (χ1v) is 9.73. The summed E-state index contributed by atoms with van der Waals surface area (Å²) in [5.41, 5.74) is 2.70. The van der Waals surface area contributed by atoms with Crippen LogP contribution in [0, 0.1) is 0 Å². The van der Waals surface area contributed by atoms with Gasteiger partial charge in [0.25, 0.3) is 0 Å². The molecule has 0 nitrogen and oxygen atoms in total. The van der Waals surface area contributed by atoms with Crippen LogP contribution in [-0.2, 0) is 0 Å². The predicted molar refractivity (Wildman–Crippen MR) is 86.3 cm³/mol. The molecule has 0 saturated carbocycles. The van der Waals surface area contributed by atoms with E-state index in [-0.39, 0.29) is 0 Å². The van der Waals surface area contributed by atoms with Crippen LogP contribution in [0.25, 0.3) is 11.3 Å². The van der Waals surface area contributed by atoms with E-state index < -0.39 is 8.07 Å². The normalized spacial score (nSPS) is 18.8. The van der Waals surface area contributed by atoms with Crippen LogP contribution in [0.2, 0.25) is 13.1 Å². The molecule has 19 heavy (non-hydrogen) atoms. The third-order valence-electron chi connectivity index (χ3n) is 3.90. The van der Waals surface area contributed by atoms with Gasteiger partial charge < -0.3 is 0 Å². The van der Waals surface area contributed by atoms with E-state index in [9.17, 15) is 0 Å². The lowest BCUT2D eigenvalue weighted by Gasteiger charge is -2.37. The lowest BCUT2D eigenvalue weighted by Crippen LogP contribution is -2.38. The van der Waals surface area contributed by atoms with E-state index in [4.69, 9.17) is 0 Å². The van der Waals surface area contributed by atoms with Crippen LogP contribution in [0.15, 0.2) is 71.9 Å². The summed E-state index contributed by atoms with van der Waals surface area (Å²) in [7, 11) is -1.41. The van der Waals surface area contributed by atoms with Gasteiger partial charge in [-0.2, -0.15) is 0 Å². The highest BCUT2D eigenvalue weighted by atomic mass is 28.3. The Morgan fingerprint density at radius 1 is 0.789 bits per heavy atom. The van der Waals surface area contributed by atoms with Gasteiger partial charge in [0.05, 0.1) is 0 Å². The number of allylic oxidation sites excluding steroid dienone is 2. The molecule has 0 atom stereocenters. The quantitative estimate of drug-likeness (QED) is 0.671. The summed E-state index contributed by atoms with van der Waals surface area (Å²) < 4.78 is 0. The Kier molecular flexibility index (Phi) is 3.00. The van der Waals surface area contributed by atoms with Gasteiger partial charge in [0.15, 0.2) is 0 Å². The van der Waals surface area contributed by atoms with Crippen molar-refractivity contribution in [1.29, 1.82) is 0 Å². The monoisotopic (exact) mass is 262 g/mol. The molecule has 0 aliphatic carbocycles. The fourth-order valence-electron chi connectivity index (χ4n) is 2.61. The van der Waals surface area contributed by atoms with Crippen molar-refractivity contribution in [2.45, 2.75) is 13.1 Å². The Balaban J connectivity index is 1.96. The molecule has 0 N–H and O–H groups in total. The van der Waals surface area contributed by atoms with Gasteiger partial charge in [0.2, 0.25) is 0 Å². The minimum Gasteiger partial charge on any atom is -0.0623 e. The lowest BCUT2D eigenvalue weighted by atomic mass is 10.1. The van der Waals surface area contributed by atoms with Gasteiger partial charge in [-0.05, 0) is 16.3 Å². The van der Waals surface area contributed by atoms with Gasteiger partial charge in [-0.15, -0.1) is 0 Å². The average molecular weight is 262 g/mol. The molecule has 3 rings (SSSR count). The van der Waals surface area contributed by atoms with Gasteiger partial charge >= 0.3 is 0 Å². The first-order chi connectivity index (χ1) is 9.18. The van der Waals surface area contributed by atoms with E-state index in [1.807, 2.05) is 0 Å². The second-order valence-electron chi connectivity index (χ2n) is 5.56. The van der Waals surface area contributed by atoms with Crippen LogP contribution in [0.3, 0.4) is 0 Å². The van der Waals surface area contributed by atoms with Crippen LogP contribution in [0.5, 0.6) is 0 Å². The molecule has 0 amide bonds. The van der Waals surface area contributed by atoms with Crippen molar-refractivity contribution < 1.29 is 0 Å². The van der Waals surface area contributed by atoms with Crippen molar-refractivity contribution in [1.82, 2.24) is 0 Å². The molecule has 94 valence electrons. The average Bonchev–Trinajstić information content (AvgIpc) is 2.45. The minimum absolute atomic E-state index is 1.31. The molecular formula is C18H18Si. The van der Waals surface area contributed by atoms with Crippen molar-refractivity contribution in [3.05, 3.63) is 83.1 Å². The van der Waals surface area contributed by atoms with Gasteiger partial charge in [0, 0.05) is 0 Å². The smallest absolute Gasteiger partial charge is 0.0623 e. The van der Waals surface area contributed by atoms with Crippen LogP contribution >= 0.6 is 0 Å². The van der Waals surface area contributed by atoms with Crippen molar-refractivity contribution in [3.63, 3.8) is 0 Å². The Bertz CT molecular complexity index is 634. The van der Waals surface area contributed by atoms with Gasteiger partial charge in [-0.3, -0.25) is 0 Å². The van der Waals surface area contributed by atoms with E-state index in [0.29, 0.717) is 0 Å². The SMILES string of the molecule is C[Si]1(C)C(=Cc2ccccc2)C=C1c1ccccc1. The highest BCUT2D eigenvalue weighted by Gasteiger charge is 2.37. The van der Waals surface area contributed by atoms with E-state index in [1.54, 1.807) is 5.20 Å². The van der Waals surface area contributed by atoms with Crippen molar-refractivity contribution in [3.8, 4) is 0 Å². The first-order valence-electron chi connectivity index (χ1n) is 6.73. The third-order valence-corrected chi connectivity index (χ3v) is 7.41. The number of rotatable bonds is 2. The molecule has 1 aliphatic rings. The van der Waals surface area contributed by atoms with Crippen LogP contribution in [0.1, 0.15) is 11.1 Å². The Labute approximate surface area is 116 Å². The molecule has 2 aromatic rings. The van der Waals surface area contributed by atoms with E-state index in [0.717, 1.165) is 0 Å². The summed E-state index contributed by atoms with van der Waals surface area (Å²) in [4.78, 5) is 0. The standard InChI is InChI=1S/C18H18Si/c1-19(2)17(13-15-9-5-3-6-10-15)14-18(19)16-11-7-4-8-12-16/h3-14H,1-2H3. The van der Waals surface area contributed by atoms with Gasteiger partial charge in [-0.25, -0.2) is 0 Å². The number of hydrogen-bond donors (Lipinski definition) is 0. The molecule has 0 bridgehead atoms. The Morgan fingerprint density at radius 3 is 1.95 bits per heavy atom. The highest BCUT2D eigenvalue weighted by molar-refractivity contribution is 7.05. The highest BCUT2D eigenvalue weighted by Crippen LogP contribution is 2.42. The molecule has 0 unspecified atom stereocenters. The topological polar surface area (TPSA) is 0 Å². The second kappa shape index (κ2) is 4.67. The second-order valence-corrected chi connectivity index (χ2v) is 9.93. The molecule has 2 aromatic carbocycles. The van der Waals surface area contributed by atoms with Crippen molar-refractivity contribution in [2.24, 2.45) is 0 Å². The minimum atomic E-state index is -1.41. The zero-order chi connectivity index (χ0) is 13.3. The van der Waals surface area contributed by atoms with Crippen LogP contribution < -0.4 is 0 Å². The summed E-state index contributed by atoms with van der Waals surface area (Å²) in [6.45, 7) is 4.87. The molecule has 1 aliphatic heterocycles. The molecular weight excluding hydrogens is 244 g/mol. The maximum atomic E-state index is 2.43. The Morgan fingerprint density at radius 2 is 1.37 bits per heavy atom. The van der Waals surface area contributed by atoms with Crippen LogP contribution in [-0.4, -0.2) is 8.07 Å². The molecule has 0 aromatic heterocycles. The van der Waals surface area contributed by atoms with Gasteiger partial charge in [0.1, 0.15) is 8.07 Å². The molecule has 1 heterocycles. The summed E-state index contributed by atoms with van der Waals surface area (Å²) in [6.07, 6.45) is 4.72. The van der Waals surface area contributed by atoms with Crippen molar-refractivity contribution >= 4 is 19.3 Å². The molecule has 0 fully saturated rings. The summed E-state index contributed by atoms with van der Waals surface area (Å²) in [5, 5.41) is 3.10. The van der Waals surface area contributed by atoms with Crippen molar-refractivity contribution in [2.75, 3.05) is 0 Å². The summed E-state index contributed by atoms with van der Waals surface area (Å²) >= 11 is 0. The van der Waals surface area contributed by atoms with E-state index in [1.165, 1.54) is 16.3 Å². The molecule has 0 radical (unpaired) electrons. The Hall–Kier alpha value is -1.86. The lowest BCUT2D eigenvalue weighted by molar-refractivity contribution is 1.56. The van der Waals surface area contributed by atoms with E-state index in [2.05, 4.69) is 85.9 Å². The largest absolute Gasteiger partial charge is 0.113 e. The zero-order valence-electron chi connectivity index (χ0n) is 11.4. The zero-order valence-corrected chi connectivity index (χ0v) is 12.4. The van der Waals surface area contributed by atoms with Crippen LogP contribution in [0.4, 0.5) is 0 Å². The fourth-order valence-corrected chi connectivity index (χ4v) is 5.13. The molecule has 0 spiro atoms. The maximum absolute atomic E-state index is 2.43. The van der Waals surface area contributed by atoms with E-state index >= 15 is 0 Å². The summed E-state index contributed by atoms with van der Waals surface area (Å²) in [6, 6.07) is 21.4.